The van der Waals surface area contributed by atoms with Crippen molar-refractivity contribution in [2.45, 2.75) is 13.5 Å². The number of fused-ring (bicyclic) bond motifs is 1. The van der Waals surface area contributed by atoms with Gasteiger partial charge in [0.05, 0.1) is 17.4 Å². The molecule has 0 atom stereocenters. The number of H-pyrrole nitrogens is 1. The van der Waals surface area contributed by atoms with Crippen LogP contribution in [0.2, 0.25) is 0 Å². The maximum atomic E-state index is 5.53. The number of nitrogens with two attached hydrogens (primary N) is 1. The molecule has 3 N–H and O–H groups in total. The van der Waals surface area contributed by atoms with Crippen LogP contribution in [0.4, 0.5) is 0 Å². The van der Waals surface area contributed by atoms with E-state index < -0.39 is 0 Å². The third-order valence-corrected chi connectivity index (χ3v) is 3.46. The number of hydrogen-bond acceptors (Lipinski definition) is 3. The molecule has 0 saturated carbocycles. The summed E-state index contributed by atoms with van der Waals surface area (Å²) in [4.78, 5) is 12.3. The average molecular weight is 320 g/mol. The third-order valence-electron chi connectivity index (χ3n) is 3.01. The Labute approximate surface area is 119 Å². The number of rotatable bonds is 3. The molecular weight excluding hydrogens is 306 g/mol. The molecule has 0 aliphatic rings. The zero-order valence-corrected chi connectivity index (χ0v) is 12.1. The quantitative estimate of drug-likeness (QED) is 0.778. The van der Waals surface area contributed by atoms with Gasteiger partial charge in [0.1, 0.15) is 5.69 Å². The zero-order valence-electron chi connectivity index (χ0n) is 10.5. The molecule has 3 rings (SSSR count). The van der Waals surface area contributed by atoms with Crippen LogP contribution >= 0.6 is 15.9 Å². The molecule has 5 nitrogen and oxygen atoms in total. The lowest BCUT2D eigenvalue weighted by molar-refractivity contribution is 0.708. The van der Waals surface area contributed by atoms with E-state index in [1.165, 1.54) is 0 Å². The van der Waals surface area contributed by atoms with Crippen molar-refractivity contribution in [1.82, 2.24) is 19.5 Å². The van der Waals surface area contributed by atoms with Crippen molar-refractivity contribution in [1.29, 1.82) is 0 Å². The second-order valence-corrected chi connectivity index (χ2v) is 5.41. The summed E-state index contributed by atoms with van der Waals surface area (Å²) in [6.45, 7) is 3.41. The molecule has 0 amide bonds. The largest absolute Gasteiger partial charge is 0.337 e. The highest BCUT2D eigenvalue weighted by atomic mass is 79.9. The molecule has 2 heterocycles. The lowest BCUT2D eigenvalue weighted by Gasteiger charge is -1.94. The van der Waals surface area contributed by atoms with Gasteiger partial charge in [0, 0.05) is 23.8 Å². The summed E-state index contributed by atoms with van der Waals surface area (Å²) < 4.78 is 3.01. The first-order chi connectivity index (χ1) is 9.17. The monoisotopic (exact) mass is 319 g/mol. The van der Waals surface area contributed by atoms with Gasteiger partial charge in [-0.15, -0.1) is 0 Å². The molecule has 0 saturated heterocycles. The molecule has 0 unspecified atom stereocenters. The Balaban J connectivity index is 2.07. The fourth-order valence-corrected chi connectivity index (χ4v) is 2.69. The molecule has 3 aromatic rings. The normalized spacial score (nSPS) is 11.3. The Kier molecular flexibility index (Phi) is 3.12. The number of aromatic nitrogens is 4. The number of halogens is 1. The number of nitrogens with one attached hydrogen (secondary N) is 1. The molecule has 2 aromatic heterocycles. The van der Waals surface area contributed by atoms with E-state index in [0.717, 1.165) is 39.1 Å². The van der Waals surface area contributed by atoms with Gasteiger partial charge in [-0.05, 0) is 24.6 Å². The Morgan fingerprint density at radius 2 is 2.26 bits per heavy atom. The topological polar surface area (TPSA) is 72.5 Å². The number of imidazole rings is 2. The zero-order chi connectivity index (χ0) is 13.4. The number of aryl methyl sites for hydroxylation is 1. The molecule has 0 aliphatic heterocycles. The highest BCUT2D eigenvalue weighted by Gasteiger charge is 2.10. The van der Waals surface area contributed by atoms with Gasteiger partial charge in [-0.3, -0.25) is 0 Å². The molecule has 0 fully saturated rings. The molecule has 6 heteroatoms. The highest BCUT2D eigenvalue weighted by Crippen LogP contribution is 2.25. The van der Waals surface area contributed by atoms with Gasteiger partial charge in [-0.2, -0.15) is 0 Å². The molecule has 0 bridgehead atoms. The van der Waals surface area contributed by atoms with Crippen molar-refractivity contribution < 1.29 is 0 Å². The van der Waals surface area contributed by atoms with Gasteiger partial charge in [-0.25, -0.2) is 9.97 Å². The molecule has 0 aliphatic carbocycles. The van der Waals surface area contributed by atoms with Crippen molar-refractivity contribution in [3.63, 3.8) is 0 Å². The second-order valence-electron chi connectivity index (χ2n) is 4.49. The van der Waals surface area contributed by atoms with Crippen molar-refractivity contribution in [2.24, 2.45) is 5.73 Å². The van der Waals surface area contributed by atoms with E-state index in [-0.39, 0.29) is 0 Å². The van der Waals surface area contributed by atoms with Gasteiger partial charge >= 0.3 is 0 Å². The summed E-state index contributed by atoms with van der Waals surface area (Å²) in [5, 5.41) is 0. The van der Waals surface area contributed by atoms with Gasteiger partial charge < -0.3 is 15.3 Å². The smallest absolute Gasteiger partial charge is 0.158 e. The van der Waals surface area contributed by atoms with E-state index in [0.29, 0.717) is 6.54 Å². The van der Waals surface area contributed by atoms with E-state index in [9.17, 15) is 0 Å². The standard InChI is InChI=1S/C13H14BrN5/c1-8-4-9(14)5-10-12(8)18-13(17-10)11-6-19(3-2-15)7-16-11/h4-7H,2-3,15H2,1H3,(H,17,18). The number of benzene rings is 1. The maximum Gasteiger partial charge on any atom is 0.158 e. The summed E-state index contributed by atoms with van der Waals surface area (Å²) in [6, 6.07) is 4.08. The summed E-state index contributed by atoms with van der Waals surface area (Å²) in [6.07, 6.45) is 3.73. The Morgan fingerprint density at radius 1 is 1.42 bits per heavy atom. The summed E-state index contributed by atoms with van der Waals surface area (Å²) in [7, 11) is 0. The van der Waals surface area contributed by atoms with E-state index in [1.807, 2.05) is 23.8 Å². The van der Waals surface area contributed by atoms with Gasteiger partial charge in [0.25, 0.3) is 0 Å². The number of hydrogen-bond donors (Lipinski definition) is 2. The summed E-state index contributed by atoms with van der Waals surface area (Å²) in [5.74, 6) is 0.784. The molecule has 19 heavy (non-hydrogen) atoms. The third kappa shape index (κ3) is 2.29. The van der Waals surface area contributed by atoms with Crippen LogP contribution in [0.3, 0.4) is 0 Å². The Morgan fingerprint density at radius 3 is 3.05 bits per heavy atom. The first-order valence-electron chi connectivity index (χ1n) is 6.05. The molecular formula is C13H14BrN5. The lowest BCUT2D eigenvalue weighted by atomic mass is 10.2. The van der Waals surface area contributed by atoms with Crippen LogP contribution in [0.1, 0.15) is 5.56 Å². The van der Waals surface area contributed by atoms with Crippen LogP contribution in [0.25, 0.3) is 22.6 Å². The number of nitrogens with zero attached hydrogens (tertiary/aromatic N) is 3. The van der Waals surface area contributed by atoms with Crippen LogP contribution in [-0.4, -0.2) is 26.1 Å². The highest BCUT2D eigenvalue weighted by molar-refractivity contribution is 9.10. The molecule has 0 spiro atoms. The fraction of sp³-hybridized carbons (Fsp3) is 0.231. The van der Waals surface area contributed by atoms with Crippen LogP contribution in [-0.2, 0) is 6.54 Å². The van der Waals surface area contributed by atoms with Crippen LogP contribution in [0.15, 0.2) is 29.1 Å². The Bertz CT molecular complexity index is 728. The predicted octanol–water partition coefficient (Wildman–Crippen LogP) is 2.46. The van der Waals surface area contributed by atoms with Crippen LogP contribution in [0, 0.1) is 6.92 Å². The van der Waals surface area contributed by atoms with Crippen LogP contribution < -0.4 is 5.73 Å². The molecule has 0 radical (unpaired) electrons. The first kappa shape index (κ1) is 12.4. The van der Waals surface area contributed by atoms with Crippen molar-refractivity contribution in [3.05, 3.63) is 34.7 Å². The maximum absolute atomic E-state index is 5.53. The van der Waals surface area contributed by atoms with E-state index in [2.05, 4.69) is 36.9 Å². The Hall–Kier alpha value is -1.66. The van der Waals surface area contributed by atoms with Gasteiger partial charge in [-0.1, -0.05) is 15.9 Å². The molecule has 1 aromatic carbocycles. The minimum absolute atomic E-state index is 0.599. The minimum atomic E-state index is 0.599. The fourth-order valence-electron chi connectivity index (χ4n) is 2.12. The second kappa shape index (κ2) is 4.79. The van der Waals surface area contributed by atoms with E-state index >= 15 is 0 Å². The van der Waals surface area contributed by atoms with E-state index in [1.54, 1.807) is 6.33 Å². The SMILES string of the molecule is Cc1cc(Br)cc2[nH]c(-c3cn(CCN)cn3)nc12. The first-order valence-corrected chi connectivity index (χ1v) is 6.85. The lowest BCUT2D eigenvalue weighted by Crippen LogP contribution is -2.07. The van der Waals surface area contributed by atoms with Gasteiger partial charge in [0.2, 0.25) is 0 Å². The summed E-state index contributed by atoms with van der Waals surface area (Å²) in [5.41, 5.74) is 9.48. The predicted molar refractivity (Wildman–Crippen MR) is 78.8 cm³/mol. The summed E-state index contributed by atoms with van der Waals surface area (Å²) >= 11 is 3.49. The molecule has 98 valence electrons. The van der Waals surface area contributed by atoms with Crippen molar-refractivity contribution in [3.8, 4) is 11.5 Å². The van der Waals surface area contributed by atoms with Crippen molar-refractivity contribution in [2.75, 3.05) is 6.54 Å². The number of aromatic amines is 1. The minimum Gasteiger partial charge on any atom is -0.337 e. The van der Waals surface area contributed by atoms with Crippen molar-refractivity contribution >= 4 is 27.0 Å². The van der Waals surface area contributed by atoms with Gasteiger partial charge in [0.15, 0.2) is 5.82 Å². The average Bonchev–Trinajstić information content (AvgIpc) is 2.95. The van der Waals surface area contributed by atoms with Crippen LogP contribution in [0.5, 0.6) is 0 Å². The van der Waals surface area contributed by atoms with E-state index in [4.69, 9.17) is 5.73 Å².